The minimum Gasteiger partial charge on any atom is -0.421 e. The van der Waals surface area contributed by atoms with Gasteiger partial charge in [0.1, 0.15) is 0 Å². The lowest BCUT2D eigenvalue weighted by Crippen LogP contribution is -2.26. The van der Waals surface area contributed by atoms with Gasteiger partial charge in [-0.2, -0.15) is 5.10 Å². The van der Waals surface area contributed by atoms with Crippen LogP contribution in [0, 0.1) is 17.0 Å². The molecule has 34 heavy (non-hydrogen) atoms. The van der Waals surface area contributed by atoms with Crippen LogP contribution >= 0.6 is 31.9 Å². The van der Waals surface area contributed by atoms with Crippen LogP contribution in [0.3, 0.4) is 0 Å². The zero-order valence-corrected chi connectivity index (χ0v) is 20.9. The average molecular weight is 590 g/mol. The fourth-order valence-corrected chi connectivity index (χ4v) is 3.62. The van der Waals surface area contributed by atoms with E-state index < -0.39 is 16.8 Å². The molecule has 3 aromatic carbocycles. The summed E-state index contributed by atoms with van der Waals surface area (Å²) in [5.74, 6) is -1.07. The van der Waals surface area contributed by atoms with Crippen molar-refractivity contribution in [3.63, 3.8) is 0 Å². The lowest BCUT2D eigenvalue weighted by atomic mass is 10.2. The smallest absolute Gasteiger partial charge is 0.343 e. The van der Waals surface area contributed by atoms with Crippen molar-refractivity contribution < 1.29 is 19.2 Å². The van der Waals surface area contributed by atoms with Crippen molar-refractivity contribution in [2.75, 3.05) is 11.9 Å². The second-order valence-electron chi connectivity index (χ2n) is 6.96. The molecule has 0 aliphatic carbocycles. The van der Waals surface area contributed by atoms with Crippen LogP contribution < -0.4 is 15.5 Å². The summed E-state index contributed by atoms with van der Waals surface area (Å²) >= 11 is 6.50. The molecule has 0 spiro atoms. The number of carbonyl (C=O) groups excluding carboxylic acids is 2. The predicted octanol–water partition coefficient (Wildman–Crippen LogP) is 5.21. The summed E-state index contributed by atoms with van der Waals surface area (Å²) in [5, 5.41) is 18.1. The number of esters is 1. The first-order valence-electron chi connectivity index (χ1n) is 9.81. The first-order chi connectivity index (χ1) is 16.2. The number of nitrogens with zero attached hydrogens (tertiary/aromatic N) is 2. The topological polar surface area (TPSA) is 123 Å². The van der Waals surface area contributed by atoms with Gasteiger partial charge in [0.2, 0.25) is 0 Å². The highest BCUT2D eigenvalue weighted by molar-refractivity contribution is 9.10. The number of aryl methyl sites for hydroxylation is 1. The molecular formula is C23H18Br2N4O5. The molecule has 11 heteroatoms. The normalized spacial score (nSPS) is 10.7. The van der Waals surface area contributed by atoms with Gasteiger partial charge in [0.25, 0.3) is 11.6 Å². The Morgan fingerprint density at radius 3 is 2.50 bits per heavy atom. The van der Waals surface area contributed by atoms with Gasteiger partial charge in [-0.15, -0.1) is 0 Å². The van der Waals surface area contributed by atoms with E-state index in [2.05, 4.69) is 47.7 Å². The number of nitro benzene ring substituents is 1. The Balaban J connectivity index is 1.75. The van der Waals surface area contributed by atoms with Crippen LogP contribution in [0.2, 0.25) is 0 Å². The number of hydrazone groups is 1. The van der Waals surface area contributed by atoms with Crippen molar-refractivity contribution in [1.82, 2.24) is 5.43 Å². The molecule has 0 atom stereocenters. The molecule has 1 amide bonds. The van der Waals surface area contributed by atoms with Gasteiger partial charge in [0.05, 0.1) is 27.7 Å². The van der Waals surface area contributed by atoms with Gasteiger partial charge in [-0.05, 0) is 58.7 Å². The monoisotopic (exact) mass is 588 g/mol. The molecule has 3 aromatic rings. The van der Waals surface area contributed by atoms with Crippen LogP contribution in [0.1, 0.15) is 21.5 Å². The molecule has 0 radical (unpaired) electrons. The van der Waals surface area contributed by atoms with Gasteiger partial charge in [-0.1, -0.05) is 34.1 Å². The van der Waals surface area contributed by atoms with Crippen molar-refractivity contribution in [2.45, 2.75) is 6.92 Å². The third-order valence-corrected chi connectivity index (χ3v) is 5.64. The van der Waals surface area contributed by atoms with Crippen LogP contribution in [0.25, 0.3) is 0 Å². The van der Waals surface area contributed by atoms with E-state index in [4.69, 9.17) is 4.74 Å². The molecule has 0 bridgehead atoms. The largest absolute Gasteiger partial charge is 0.421 e. The summed E-state index contributed by atoms with van der Waals surface area (Å²) in [5.41, 5.74) is 4.30. The number of hydrogen-bond acceptors (Lipinski definition) is 7. The van der Waals surface area contributed by atoms with Crippen molar-refractivity contribution in [3.05, 3.63) is 96.4 Å². The number of amides is 1. The fourth-order valence-electron chi connectivity index (χ4n) is 2.81. The Labute approximate surface area is 211 Å². The van der Waals surface area contributed by atoms with E-state index in [1.165, 1.54) is 18.3 Å². The number of nitrogens with one attached hydrogen (secondary N) is 2. The van der Waals surface area contributed by atoms with Crippen molar-refractivity contribution in [3.8, 4) is 5.75 Å². The summed E-state index contributed by atoms with van der Waals surface area (Å²) in [6.45, 7) is 1.88. The number of nitro groups is 1. The van der Waals surface area contributed by atoms with Gasteiger partial charge in [-0.3, -0.25) is 14.9 Å². The third kappa shape index (κ3) is 6.72. The average Bonchev–Trinajstić information content (AvgIpc) is 2.80. The van der Waals surface area contributed by atoms with Crippen LogP contribution in [0.4, 0.5) is 11.4 Å². The Bertz CT molecular complexity index is 1260. The number of rotatable bonds is 8. The number of benzene rings is 3. The Morgan fingerprint density at radius 1 is 1.12 bits per heavy atom. The van der Waals surface area contributed by atoms with Crippen LogP contribution in [0.5, 0.6) is 5.75 Å². The minimum absolute atomic E-state index is 0.0227. The number of non-ortho nitro benzene ring substituents is 1. The number of para-hydroxylation sites is 1. The zero-order chi connectivity index (χ0) is 24.7. The van der Waals surface area contributed by atoms with Crippen molar-refractivity contribution in [1.29, 1.82) is 0 Å². The fraction of sp³-hybridized carbons (Fsp3) is 0.0870. The quantitative estimate of drug-likeness (QED) is 0.122. The first kappa shape index (κ1) is 25.1. The minimum atomic E-state index is -0.664. The molecule has 3 rings (SSSR count). The molecule has 0 saturated heterocycles. The third-order valence-electron chi connectivity index (χ3n) is 4.52. The molecule has 174 valence electrons. The van der Waals surface area contributed by atoms with E-state index in [0.717, 1.165) is 15.7 Å². The van der Waals surface area contributed by atoms with E-state index in [-0.39, 0.29) is 33.6 Å². The van der Waals surface area contributed by atoms with Gasteiger partial charge >= 0.3 is 5.97 Å². The number of halogens is 2. The maximum absolute atomic E-state index is 12.6. The maximum atomic E-state index is 12.6. The van der Waals surface area contributed by atoms with Gasteiger partial charge in [0.15, 0.2) is 5.75 Å². The van der Waals surface area contributed by atoms with Crippen molar-refractivity contribution >= 4 is 61.3 Å². The number of carbonyl (C=O) groups is 2. The Hall–Kier alpha value is -3.57. The van der Waals surface area contributed by atoms with Crippen LogP contribution in [-0.4, -0.2) is 29.6 Å². The molecule has 0 unspecified atom stereocenters. The first-order valence-corrected chi connectivity index (χ1v) is 11.4. The molecule has 0 aromatic heterocycles. The van der Waals surface area contributed by atoms with Crippen molar-refractivity contribution in [2.24, 2.45) is 5.10 Å². The lowest BCUT2D eigenvalue weighted by molar-refractivity contribution is -0.385. The number of anilines is 1. The summed E-state index contributed by atoms with van der Waals surface area (Å²) in [7, 11) is 0. The molecule has 0 heterocycles. The molecule has 0 fully saturated rings. The van der Waals surface area contributed by atoms with Crippen LogP contribution in [-0.2, 0) is 4.79 Å². The highest BCUT2D eigenvalue weighted by atomic mass is 79.9. The van der Waals surface area contributed by atoms with E-state index in [1.807, 2.05) is 31.2 Å². The highest BCUT2D eigenvalue weighted by Gasteiger charge is 2.19. The summed E-state index contributed by atoms with van der Waals surface area (Å²) in [6.07, 6.45) is 1.17. The second-order valence-corrected chi connectivity index (χ2v) is 8.73. The number of ether oxygens (including phenoxy) is 1. The highest BCUT2D eigenvalue weighted by Crippen LogP contribution is 2.33. The maximum Gasteiger partial charge on any atom is 0.343 e. The van der Waals surface area contributed by atoms with E-state index in [9.17, 15) is 19.7 Å². The molecule has 2 N–H and O–H groups in total. The Kier molecular flexibility index (Phi) is 8.50. The van der Waals surface area contributed by atoms with E-state index in [0.29, 0.717) is 0 Å². The SMILES string of the molecule is Cc1ccccc1NCC(=O)N/N=C/c1cc([N+](=O)[O-])cc(Br)c1OC(=O)c1ccc(Br)cc1. The number of hydrogen-bond donors (Lipinski definition) is 2. The lowest BCUT2D eigenvalue weighted by Gasteiger charge is -2.10. The summed E-state index contributed by atoms with van der Waals surface area (Å²) in [4.78, 5) is 35.4. The Morgan fingerprint density at radius 2 is 1.82 bits per heavy atom. The molecule has 9 nitrogen and oxygen atoms in total. The molecule has 0 aliphatic heterocycles. The van der Waals surface area contributed by atoms with Gasteiger partial charge in [-0.25, -0.2) is 10.2 Å². The summed E-state index contributed by atoms with van der Waals surface area (Å²) in [6, 6.07) is 16.4. The van der Waals surface area contributed by atoms with Crippen LogP contribution in [0.15, 0.2) is 74.7 Å². The van der Waals surface area contributed by atoms with Gasteiger partial charge in [0, 0.05) is 27.9 Å². The molecular weight excluding hydrogens is 572 g/mol. The molecule has 0 aliphatic rings. The van der Waals surface area contributed by atoms with E-state index >= 15 is 0 Å². The zero-order valence-electron chi connectivity index (χ0n) is 17.7. The van der Waals surface area contributed by atoms with E-state index in [1.54, 1.807) is 24.3 Å². The standard InChI is InChI=1S/C23H18Br2N4O5/c1-14-4-2-3-5-20(14)26-13-21(30)28-27-12-16-10-18(29(32)33)11-19(25)22(16)34-23(31)15-6-8-17(24)9-7-15/h2-12,26H,13H2,1H3,(H,28,30)/b27-12+. The second kappa shape index (κ2) is 11.5. The predicted molar refractivity (Wildman–Crippen MR) is 135 cm³/mol. The summed E-state index contributed by atoms with van der Waals surface area (Å²) < 4.78 is 6.45. The molecule has 0 saturated carbocycles. The van der Waals surface area contributed by atoms with Gasteiger partial charge < -0.3 is 10.1 Å².